The topological polar surface area (TPSA) is 0 Å². The minimum atomic E-state index is 1.01. The van der Waals surface area contributed by atoms with Crippen molar-refractivity contribution in [1.82, 2.24) is 0 Å². The summed E-state index contributed by atoms with van der Waals surface area (Å²) >= 11 is 4.34. The van der Waals surface area contributed by atoms with E-state index in [1.54, 1.807) is 0 Å². The predicted octanol–water partition coefficient (Wildman–Crippen LogP) is 4.51. The fourth-order valence-electron chi connectivity index (χ4n) is 1.12. The van der Waals surface area contributed by atoms with Gasteiger partial charge in [0, 0.05) is 0 Å². The van der Waals surface area contributed by atoms with Crippen molar-refractivity contribution in [1.29, 1.82) is 0 Å². The SMILES string of the molecule is C=CCC(=CC)CCC=C(S)CC. The summed E-state index contributed by atoms with van der Waals surface area (Å²) in [6.45, 7) is 7.95. The highest BCUT2D eigenvalue weighted by atomic mass is 32.1. The van der Waals surface area contributed by atoms with Gasteiger partial charge in [-0.3, -0.25) is 0 Å². The van der Waals surface area contributed by atoms with Gasteiger partial charge in [0.2, 0.25) is 0 Å². The molecule has 0 aromatic heterocycles. The molecule has 0 spiro atoms. The first kappa shape index (κ1) is 12.6. The summed E-state index contributed by atoms with van der Waals surface area (Å²) in [6, 6.07) is 0. The predicted molar refractivity (Wildman–Crippen MR) is 65.2 cm³/mol. The Morgan fingerprint density at radius 1 is 1.46 bits per heavy atom. The maximum absolute atomic E-state index is 4.34. The van der Waals surface area contributed by atoms with Crippen molar-refractivity contribution in [3.63, 3.8) is 0 Å². The summed E-state index contributed by atoms with van der Waals surface area (Å²) in [5.74, 6) is 0. The molecule has 0 aromatic carbocycles. The quantitative estimate of drug-likeness (QED) is 0.469. The van der Waals surface area contributed by atoms with E-state index in [0.717, 1.165) is 25.7 Å². The molecule has 0 heterocycles. The molecule has 0 aromatic rings. The van der Waals surface area contributed by atoms with E-state index in [2.05, 4.69) is 45.2 Å². The van der Waals surface area contributed by atoms with Gasteiger partial charge in [0.25, 0.3) is 0 Å². The third-order valence-electron chi connectivity index (χ3n) is 2.02. The first-order valence-corrected chi connectivity index (χ1v) is 5.32. The molecule has 0 aliphatic heterocycles. The molecule has 0 amide bonds. The second kappa shape index (κ2) is 8.18. The van der Waals surface area contributed by atoms with Crippen LogP contribution in [-0.2, 0) is 0 Å². The summed E-state index contributed by atoms with van der Waals surface area (Å²) in [5.41, 5.74) is 1.46. The van der Waals surface area contributed by atoms with E-state index >= 15 is 0 Å². The van der Waals surface area contributed by atoms with Crippen LogP contribution in [0.3, 0.4) is 0 Å². The Kier molecular flexibility index (Phi) is 7.91. The molecule has 0 bridgehead atoms. The van der Waals surface area contributed by atoms with Gasteiger partial charge in [-0.05, 0) is 37.5 Å². The van der Waals surface area contributed by atoms with Crippen LogP contribution in [0.4, 0.5) is 0 Å². The fraction of sp³-hybridized carbons (Fsp3) is 0.500. The summed E-state index contributed by atoms with van der Waals surface area (Å²) in [7, 11) is 0. The highest BCUT2D eigenvalue weighted by molar-refractivity contribution is 7.84. The number of thiol groups is 1. The lowest BCUT2D eigenvalue weighted by Crippen LogP contribution is -1.80. The number of hydrogen-bond donors (Lipinski definition) is 1. The van der Waals surface area contributed by atoms with Gasteiger partial charge in [-0.1, -0.05) is 30.7 Å². The van der Waals surface area contributed by atoms with E-state index in [4.69, 9.17) is 0 Å². The lowest BCUT2D eigenvalue weighted by molar-refractivity contribution is 0.930. The average Bonchev–Trinajstić information content (AvgIpc) is 2.16. The van der Waals surface area contributed by atoms with Crippen molar-refractivity contribution in [3.8, 4) is 0 Å². The molecular formula is C12H20S. The largest absolute Gasteiger partial charge is 0.148 e. The Labute approximate surface area is 87.8 Å². The van der Waals surface area contributed by atoms with Crippen LogP contribution in [0.2, 0.25) is 0 Å². The second-order valence-electron chi connectivity index (χ2n) is 3.03. The van der Waals surface area contributed by atoms with Crippen molar-refractivity contribution in [2.24, 2.45) is 0 Å². The Morgan fingerprint density at radius 3 is 2.62 bits per heavy atom. The first-order chi connectivity index (χ1) is 6.24. The summed E-state index contributed by atoms with van der Waals surface area (Å²) in [6.07, 6.45) is 10.6. The first-order valence-electron chi connectivity index (χ1n) is 4.87. The van der Waals surface area contributed by atoms with Crippen LogP contribution in [0.5, 0.6) is 0 Å². The van der Waals surface area contributed by atoms with Gasteiger partial charge in [-0.15, -0.1) is 19.2 Å². The van der Waals surface area contributed by atoms with Gasteiger partial charge < -0.3 is 0 Å². The van der Waals surface area contributed by atoms with E-state index in [1.807, 2.05) is 6.08 Å². The van der Waals surface area contributed by atoms with Crippen molar-refractivity contribution in [3.05, 3.63) is 35.3 Å². The van der Waals surface area contributed by atoms with E-state index in [9.17, 15) is 0 Å². The number of hydrogen-bond acceptors (Lipinski definition) is 1. The van der Waals surface area contributed by atoms with Crippen LogP contribution in [0.15, 0.2) is 35.3 Å². The molecule has 0 aliphatic rings. The second-order valence-corrected chi connectivity index (χ2v) is 3.60. The Hall–Kier alpha value is -0.430. The molecule has 0 fully saturated rings. The van der Waals surface area contributed by atoms with E-state index in [0.29, 0.717) is 0 Å². The van der Waals surface area contributed by atoms with Gasteiger partial charge in [0.1, 0.15) is 0 Å². The average molecular weight is 196 g/mol. The molecule has 0 saturated heterocycles. The third kappa shape index (κ3) is 6.71. The van der Waals surface area contributed by atoms with Gasteiger partial charge in [0.05, 0.1) is 0 Å². The summed E-state index contributed by atoms with van der Waals surface area (Å²) in [4.78, 5) is 1.19. The molecule has 1 heteroatoms. The van der Waals surface area contributed by atoms with Gasteiger partial charge in [-0.2, -0.15) is 0 Å². The van der Waals surface area contributed by atoms with Crippen molar-refractivity contribution in [2.45, 2.75) is 39.5 Å². The van der Waals surface area contributed by atoms with Crippen LogP contribution >= 0.6 is 12.6 Å². The zero-order valence-electron chi connectivity index (χ0n) is 8.71. The fourth-order valence-corrected chi connectivity index (χ4v) is 1.25. The van der Waals surface area contributed by atoms with Crippen molar-refractivity contribution < 1.29 is 0 Å². The Morgan fingerprint density at radius 2 is 2.15 bits per heavy atom. The van der Waals surface area contributed by atoms with Crippen molar-refractivity contribution >= 4 is 12.6 Å². The molecule has 0 unspecified atom stereocenters. The van der Waals surface area contributed by atoms with Crippen molar-refractivity contribution in [2.75, 3.05) is 0 Å². The van der Waals surface area contributed by atoms with E-state index in [-0.39, 0.29) is 0 Å². The Bertz CT molecular complexity index is 199. The van der Waals surface area contributed by atoms with Crippen LogP contribution in [-0.4, -0.2) is 0 Å². The standard InChI is InChI=1S/C12H20S/c1-4-8-11(5-2)9-7-10-12(13)6-3/h4-5,10,13H,1,6-9H2,2-3H3. The van der Waals surface area contributed by atoms with Gasteiger partial charge in [0.15, 0.2) is 0 Å². The van der Waals surface area contributed by atoms with Crippen LogP contribution < -0.4 is 0 Å². The number of allylic oxidation sites excluding steroid dienone is 5. The zero-order valence-corrected chi connectivity index (χ0v) is 9.61. The van der Waals surface area contributed by atoms with E-state index < -0.39 is 0 Å². The molecular weight excluding hydrogens is 176 g/mol. The molecule has 13 heavy (non-hydrogen) atoms. The lowest BCUT2D eigenvalue weighted by atomic mass is 10.1. The minimum absolute atomic E-state index is 1.01. The van der Waals surface area contributed by atoms with Gasteiger partial charge in [-0.25, -0.2) is 0 Å². The maximum Gasteiger partial charge on any atom is -0.0142 e. The van der Waals surface area contributed by atoms with Gasteiger partial charge >= 0.3 is 0 Å². The van der Waals surface area contributed by atoms with Crippen LogP contribution in [0.25, 0.3) is 0 Å². The molecule has 0 saturated carbocycles. The highest BCUT2D eigenvalue weighted by Crippen LogP contribution is 2.13. The number of rotatable bonds is 6. The molecule has 0 N–H and O–H groups in total. The molecule has 0 radical (unpaired) electrons. The molecule has 0 nitrogen and oxygen atoms in total. The van der Waals surface area contributed by atoms with E-state index in [1.165, 1.54) is 10.5 Å². The molecule has 0 aliphatic carbocycles. The van der Waals surface area contributed by atoms with Crippen LogP contribution in [0, 0.1) is 0 Å². The molecule has 0 atom stereocenters. The Balaban J connectivity index is 3.80. The highest BCUT2D eigenvalue weighted by Gasteiger charge is 1.92. The zero-order chi connectivity index (χ0) is 10.1. The monoisotopic (exact) mass is 196 g/mol. The van der Waals surface area contributed by atoms with Crippen LogP contribution in [0.1, 0.15) is 39.5 Å². The third-order valence-corrected chi connectivity index (χ3v) is 2.52. The summed E-state index contributed by atoms with van der Waals surface area (Å²) < 4.78 is 0. The summed E-state index contributed by atoms with van der Waals surface area (Å²) in [5, 5.41) is 0. The molecule has 0 rings (SSSR count). The normalized spacial score (nSPS) is 13.2. The lowest BCUT2D eigenvalue weighted by Gasteiger charge is -2.01. The minimum Gasteiger partial charge on any atom is -0.148 e. The maximum atomic E-state index is 4.34. The molecule has 74 valence electrons. The smallest absolute Gasteiger partial charge is 0.0142 e.